The first-order chi connectivity index (χ1) is 4.11. The van der Waals surface area contributed by atoms with Crippen LogP contribution in [0.3, 0.4) is 0 Å². The largest absolute Gasteiger partial charge is 0.433 e. The van der Waals surface area contributed by atoms with Gasteiger partial charge in [-0.1, -0.05) is 0 Å². The van der Waals surface area contributed by atoms with E-state index < -0.39 is 11.9 Å². The molecule has 1 aliphatic rings. The monoisotopic (exact) mass is 139 g/mol. The summed E-state index contributed by atoms with van der Waals surface area (Å²) < 4.78 is 34.6. The van der Waals surface area contributed by atoms with Gasteiger partial charge in [0.1, 0.15) is 5.70 Å². The Morgan fingerprint density at radius 3 is 2.22 bits per heavy atom. The SMILES string of the molecule is FC(F)(F)C1=CNNN1. The first-order valence-electron chi connectivity index (χ1n) is 2.14. The van der Waals surface area contributed by atoms with E-state index in [2.05, 4.69) is 11.0 Å². The standard InChI is InChI=1S/C3H4F3N3/c4-3(5,6)2-1-7-9-8-2/h1,7-9H. The van der Waals surface area contributed by atoms with Crippen LogP contribution in [0.25, 0.3) is 0 Å². The van der Waals surface area contributed by atoms with Gasteiger partial charge in [-0.3, -0.25) is 5.43 Å². The second kappa shape index (κ2) is 1.80. The summed E-state index contributed by atoms with van der Waals surface area (Å²) in [6.07, 6.45) is -3.49. The van der Waals surface area contributed by atoms with Gasteiger partial charge in [-0.05, 0) is 0 Å². The molecule has 0 aliphatic carbocycles. The maximum absolute atomic E-state index is 11.5. The molecular weight excluding hydrogens is 135 g/mol. The van der Waals surface area contributed by atoms with E-state index >= 15 is 0 Å². The third-order valence-electron chi connectivity index (χ3n) is 0.791. The molecule has 1 aliphatic heterocycles. The lowest BCUT2D eigenvalue weighted by atomic mass is 10.5. The highest BCUT2D eigenvalue weighted by atomic mass is 19.4. The fraction of sp³-hybridized carbons (Fsp3) is 0.333. The van der Waals surface area contributed by atoms with Gasteiger partial charge in [0, 0.05) is 6.20 Å². The number of hydrogen-bond acceptors (Lipinski definition) is 3. The van der Waals surface area contributed by atoms with Crippen molar-refractivity contribution in [2.75, 3.05) is 0 Å². The van der Waals surface area contributed by atoms with Crippen molar-refractivity contribution in [2.24, 2.45) is 0 Å². The van der Waals surface area contributed by atoms with Gasteiger partial charge >= 0.3 is 6.18 Å². The van der Waals surface area contributed by atoms with Gasteiger partial charge in [0.2, 0.25) is 0 Å². The molecule has 0 aromatic carbocycles. The van der Waals surface area contributed by atoms with E-state index in [4.69, 9.17) is 0 Å². The third-order valence-corrected chi connectivity index (χ3v) is 0.791. The summed E-state index contributed by atoms with van der Waals surface area (Å²) in [5.74, 6) is 0. The topological polar surface area (TPSA) is 36.1 Å². The number of nitrogens with one attached hydrogen (secondary N) is 3. The fourth-order valence-electron chi connectivity index (χ4n) is 0.400. The predicted octanol–water partition coefficient (Wildman–Crippen LogP) is 0.00250. The Kier molecular flexibility index (Phi) is 1.24. The van der Waals surface area contributed by atoms with Crippen molar-refractivity contribution in [3.63, 3.8) is 0 Å². The molecule has 3 nitrogen and oxygen atoms in total. The smallest absolute Gasteiger partial charge is 0.309 e. The van der Waals surface area contributed by atoms with E-state index in [0.717, 1.165) is 6.20 Å². The highest BCUT2D eigenvalue weighted by molar-refractivity contribution is 5.06. The molecule has 0 saturated heterocycles. The van der Waals surface area contributed by atoms with E-state index in [0.29, 0.717) is 0 Å². The van der Waals surface area contributed by atoms with Crippen LogP contribution in [0.15, 0.2) is 11.9 Å². The lowest BCUT2D eigenvalue weighted by Crippen LogP contribution is -2.34. The number of allylic oxidation sites excluding steroid dienone is 1. The van der Waals surface area contributed by atoms with Gasteiger partial charge in [0.15, 0.2) is 0 Å². The lowest BCUT2D eigenvalue weighted by molar-refractivity contribution is -0.0965. The molecule has 1 rings (SSSR count). The van der Waals surface area contributed by atoms with E-state index in [9.17, 15) is 13.2 Å². The quantitative estimate of drug-likeness (QED) is 0.442. The van der Waals surface area contributed by atoms with Crippen molar-refractivity contribution in [2.45, 2.75) is 6.18 Å². The summed E-state index contributed by atoms with van der Waals surface area (Å²) in [4.78, 5) is 0. The summed E-state index contributed by atoms with van der Waals surface area (Å²) >= 11 is 0. The summed E-state index contributed by atoms with van der Waals surface area (Å²) in [5, 5.41) is 0. The van der Waals surface area contributed by atoms with Crippen LogP contribution in [0.1, 0.15) is 0 Å². The highest BCUT2D eigenvalue weighted by Gasteiger charge is 2.35. The zero-order valence-corrected chi connectivity index (χ0v) is 4.21. The Morgan fingerprint density at radius 1 is 1.33 bits per heavy atom. The molecule has 0 unspecified atom stereocenters. The maximum atomic E-state index is 11.5. The molecule has 0 spiro atoms. The molecule has 0 atom stereocenters. The second-order valence-electron chi connectivity index (χ2n) is 1.45. The zero-order chi connectivity index (χ0) is 6.91. The van der Waals surface area contributed by atoms with Crippen molar-refractivity contribution < 1.29 is 13.2 Å². The molecule has 1 heterocycles. The maximum Gasteiger partial charge on any atom is 0.433 e. The molecule has 0 fully saturated rings. The van der Waals surface area contributed by atoms with Gasteiger partial charge in [0.05, 0.1) is 0 Å². The highest BCUT2D eigenvalue weighted by Crippen LogP contribution is 2.22. The summed E-state index contributed by atoms with van der Waals surface area (Å²) in [7, 11) is 0. The van der Waals surface area contributed by atoms with Gasteiger partial charge in [-0.25, -0.2) is 0 Å². The van der Waals surface area contributed by atoms with Crippen LogP contribution >= 0.6 is 0 Å². The molecule has 0 saturated carbocycles. The van der Waals surface area contributed by atoms with Gasteiger partial charge < -0.3 is 5.43 Å². The molecule has 6 heteroatoms. The Bertz CT molecular complexity index is 138. The van der Waals surface area contributed by atoms with Gasteiger partial charge in [0.25, 0.3) is 0 Å². The van der Waals surface area contributed by atoms with Crippen LogP contribution in [0.5, 0.6) is 0 Å². The van der Waals surface area contributed by atoms with Gasteiger partial charge in [-0.2, -0.15) is 18.7 Å². The number of hydrogen-bond donors (Lipinski definition) is 3. The van der Waals surface area contributed by atoms with E-state index in [-0.39, 0.29) is 0 Å². The van der Waals surface area contributed by atoms with Crippen molar-refractivity contribution in [1.82, 2.24) is 16.4 Å². The molecule has 9 heavy (non-hydrogen) atoms. The Morgan fingerprint density at radius 2 is 2.00 bits per heavy atom. The van der Waals surface area contributed by atoms with Gasteiger partial charge in [-0.15, -0.1) is 0 Å². The van der Waals surface area contributed by atoms with E-state index in [1.54, 1.807) is 0 Å². The fourth-order valence-corrected chi connectivity index (χ4v) is 0.400. The molecular formula is C3H4F3N3. The molecule has 0 bridgehead atoms. The zero-order valence-electron chi connectivity index (χ0n) is 4.21. The van der Waals surface area contributed by atoms with E-state index in [1.807, 2.05) is 5.43 Å². The Balaban J connectivity index is 2.61. The van der Waals surface area contributed by atoms with E-state index in [1.165, 1.54) is 0 Å². The Labute approximate surface area is 48.9 Å². The minimum Gasteiger partial charge on any atom is -0.309 e. The first kappa shape index (κ1) is 6.21. The Hall–Kier alpha value is -0.910. The van der Waals surface area contributed by atoms with Crippen LogP contribution in [0.2, 0.25) is 0 Å². The van der Waals surface area contributed by atoms with Crippen LogP contribution < -0.4 is 16.4 Å². The van der Waals surface area contributed by atoms with Crippen LogP contribution in [0, 0.1) is 0 Å². The lowest BCUT2D eigenvalue weighted by Gasteiger charge is -2.05. The predicted molar refractivity (Wildman–Crippen MR) is 23.5 cm³/mol. The normalized spacial score (nSPS) is 18.3. The number of hydrazine groups is 2. The van der Waals surface area contributed by atoms with Crippen molar-refractivity contribution in [3.8, 4) is 0 Å². The average Bonchev–Trinajstić information content (AvgIpc) is 2.08. The molecule has 0 aromatic heterocycles. The molecule has 52 valence electrons. The molecule has 3 N–H and O–H groups in total. The number of halogens is 3. The first-order valence-corrected chi connectivity index (χ1v) is 2.14. The third kappa shape index (κ3) is 1.26. The summed E-state index contributed by atoms with van der Waals surface area (Å²) in [6.45, 7) is 0. The molecule has 0 aromatic rings. The molecule has 0 amide bonds. The minimum atomic E-state index is -4.30. The van der Waals surface area contributed by atoms with Crippen molar-refractivity contribution >= 4 is 0 Å². The van der Waals surface area contributed by atoms with Crippen LogP contribution in [-0.4, -0.2) is 6.18 Å². The van der Waals surface area contributed by atoms with Crippen LogP contribution in [-0.2, 0) is 0 Å². The van der Waals surface area contributed by atoms with Crippen molar-refractivity contribution in [3.05, 3.63) is 11.9 Å². The van der Waals surface area contributed by atoms with Crippen LogP contribution in [0.4, 0.5) is 13.2 Å². The second-order valence-corrected chi connectivity index (χ2v) is 1.45. The minimum absolute atomic E-state index is 0.806. The summed E-state index contributed by atoms with van der Waals surface area (Å²) in [5.41, 5.74) is 5.26. The number of rotatable bonds is 0. The summed E-state index contributed by atoms with van der Waals surface area (Å²) in [6, 6.07) is 0. The molecule has 0 radical (unpaired) electrons. The number of alkyl halides is 3. The van der Waals surface area contributed by atoms with Crippen molar-refractivity contribution in [1.29, 1.82) is 0 Å². The average molecular weight is 139 g/mol.